The number of amides is 1. The van der Waals surface area contributed by atoms with E-state index in [4.69, 9.17) is 11.6 Å². The number of hydrogen-bond acceptors (Lipinski definition) is 4. The Bertz CT molecular complexity index is 764. The molecule has 122 valence electrons. The van der Waals surface area contributed by atoms with Gasteiger partial charge in [-0.3, -0.25) is 5.32 Å². The summed E-state index contributed by atoms with van der Waals surface area (Å²) in [5, 5.41) is 20.8. The maximum atomic E-state index is 13.7. The summed E-state index contributed by atoms with van der Waals surface area (Å²) < 4.78 is 45.6. The van der Waals surface area contributed by atoms with Gasteiger partial charge in [0.05, 0.1) is 10.7 Å². The monoisotopic (exact) mass is 347 g/mol. The quantitative estimate of drug-likeness (QED) is 0.496. The Kier molecular flexibility index (Phi) is 3.30. The van der Waals surface area contributed by atoms with Gasteiger partial charge in [0.2, 0.25) is 0 Å². The lowest BCUT2D eigenvalue weighted by molar-refractivity contribution is -0.239. The van der Waals surface area contributed by atoms with Gasteiger partial charge in [0, 0.05) is 11.5 Å². The van der Waals surface area contributed by atoms with Crippen LogP contribution in [0.1, 0.15) is 18.4 Å². The topological polar surface area (TPSA) is 78.8 Å². The van der Waals surface area contributed by atoms with Gasteiger partial charge >= 0.3 is 12.3 Å². The maximum Gasteiger partial charge on any atom is 0.445 e. The molecule has 9 heteroatoms. The van der Waals surface area contributed by atoms with E-state index in [1.54, 1.807) is 0 Å². The fourth-order valence-electron chi connectivity index (χ4n) is 2.16. The van der Waals surface area contributed by atoms with Crippen molar-refractivity contribution in [2.45, 2.75) is 24.6 Å². The molecule has 1 unspecified atom stereocenters. The standard InChI is InChI=1S/C14H9ClF3NO4/c15-8-5-7-9(11(21)10(8)20)19-12(22)23-13(7,14(16,17)18)4-3-6-1-2-6/h5-6,20-21H,1-2H2,(H,19,22). The molecule has 0 bridgehead atoms. The van der Waals surface area contributed by atoms with E-state index in [2.05, 4.69) is 10.7 Å². The molecule has 23 heavy (non-hydrogen) atoms. The predicted octanol–water partition coefficient (Wildman–Crippen LogP) is 3.48. The molecule has 0 aromatic heterocycles. The molecule has 5 nitrogen and oxygen atoms in total. The first kappa shape index (κ1) is 15.6. The number of carbonyl (C=O) groups excluding carboxylic acids is 1. The van der Waals surface area contributed by atoms with Crippen molar-refractivity contribution < 1.29 is 32.9 Å². The van der Waals surface area contributed by atoms with Crippen LogP contribution in [0.25, 0.3) is 0 Å². The minimum absolute atomic E-state index is 0.188. The van der Waals surface area contributed by atoms with Crippen LogP contribution in [0.3, 0.4) is 0 Å². The van der Waals surface area contributed by atoms with Crippen LogP contribution in [0, 0.1) is 17.8 Å². The van der Waals surface area contributed by atoms with Crippen molar-refractivity contribution in [2.24, 2.45) is 5.92 Å². The number of benzene rings is 1. The second-order valence-electron chi connectivity index (χ2n) is 5.22. The SMILES string of the molecule is O=C1Nc2c(cc(Cl)c(O)c2O)C(C#CC2CC2)(C(F)(F)F)O1. The predicted molar refractivity (Wildman–Crippen MR) is 73.1 cm³/mol. The number of phenolic OH excluding ortho intramolecular Hbond substituents is 2. The first-order valence-corrected chi connectivity index (χ1v) is 6.88. The van der Waals surface area contributed by atoms with Gasteiger partial charge in [-0.2, -0.15) is 13.2 Å². The molecule has 1 aromatic carbocycles. The van der Waals surface area contributed by atoms with E-state index in [-0.39, 0.29) is 5.92 Å². The minimum Gasteiger partial charge on any atom is -0.503 e. The number of phenols is 2. The Morgan fingerprint density at radius 3 is 2.57 bits per heavy atom. The van der Waals surface area contributed by atoms with Crippen molar-refractivity contribution in [1.29, 1.82) is 0 Å². The third-order valence-electron chi connectivity index (χ3n) is 3.51. The highest BCUT2D eigenvalue weighted by molar-refractivity contribution is 6.32. The molecule has 0 radical (unpaired) electrons. The molecule has 1 aliphatic heterocycles. The van der Waals surface area contributed by atoms with Gasteiger partial charge in [-0.25, -0.2) is 4.79 Å². The Labute approximate surface area is 133 Å². The van der Waals surface area contributed by atoms with E-state index in [1.807, 2.05) is 11.2 Å². The highest BCUT2D eigenvalue weighted by Gasteiger charge is 2.62. The lowest BCUT2D eigenvalue weighted by Gasteiger charge is -2.36. The molecule has 0 saturated heterocycles. The molecular formula is C14H9ClF3NO4. The van der Waals surface area contributed by atoms with E-state index >= 15 is 0 Å². The molecule has 1 fully saturated rings. The molecule has 1 amide bonds. The number of anilines is 1. The van der Waals surface area contributed by atoms with Crippen molar-refractivity contribution in [3.05, 3.63) is 16.7 Å². The Hall–Kier alpha value is -2.27. The number of rotatable bonds is 0. The van der Waals surface area contributed by atoms with E-state index in [1.165, 1.54) is 0 Å². The molecule has 1 aliphatic carbocycles. The van der Waals surface area contributed by atoms with E-state index in [0.717, 1.165) is 6.07 Å². The fourth-order valence-corrected chi connectivity index (χ4v) is 2.36. The summed E-state index contributed by atoms with van der Waals surface area (Å²) in [6.45, 7) is 0. The number of alkyl halides is 3. The summed E-state index contributed by atoms with van der Waals surface area (Å²) in [5.74, 6) is 2.40. The normalized spacial score (nSPS) is 23.2. The average Bonchev–Trinajstić information content (AvgIpc) is 3.26. The minimum atomic E-state index is -5.08. The first-order valence-electron chi connectivity index (χ1n) is 6.50. The molecule has 3 N–H and O–H groups in total. The van der Waals surface area contributed by atoms with Crippen LogP contribution in [-0.4, -0.2) is 22.5 Å². The molecular weight excluding hydrogens is 339 g/mol. The van der Waals surface area contributed by atoms with E-state index in [0.29, 0.717) is 12.8 Å². The molecule has 1 saturated carbocycles. The van der Waals surface area contributed by atoms with Crippen LogP contribution in [0.15, 0.2) is 6.07 Å². The van der Waals surface area contributed by atoms with Crippen molar-refractivity contribution in [3.63, 3.8) is 0 Å². The zero-order valence-corrected chi connectivity index (χ0v) is 12.0. The van der Waals surface area contributed by atoms with Crippen molar-refractivity contribution >= 4 is 23.4 Å². The Morgan fingerprint density at radius 2 is 2.00 bits per heavy atom. The zero-order valence-electron chi connectivity index (χ0n) is 11.3. The first-order chi connectivity index (χ1) is 10.7. The lowest BCUT2D eigenvalue weighted by atomic mass is 9.89. The fraction of sp³-hybridized carbons (Fsp3) is 0.357. The number of nitrogens with one attached hydrogen (secondary N) is 1. The molecule has 0 spiro atoms. The number of halogens is 4. The summed E-state index contributed by atoms with van der Waals surface area (Å²) in [6, 6.07) is 0.764. The summed E-state index contributed by atoms with van der Waals surface area (Å²) in [6.07, 6.45) is -5.19. The van der Waals surface area contributed by atoms with Gasteiger partial charge in [-0.05, 0) is 24.8 Å². The number of aromatic hydroxyl groups is 2. The maximum absolute atomic E-state index is 13.7. The second-order valence-corrected chi connectivity index (χ2v) is 5.62. The van der Waals surface area contributed by atoms with Crippen LogP contribution in [0.2, 0.25) is 5.02 Å². The van der Waals surface area contributed by atoms with Gasteiger partial charge < -0.3 is 14.9 Å². The molecule has 1 aromatic rings. The Balaban J connectivity index is 2.30. The summed E-state index contributed by atoms with van der Waals surface area (Å²) in [5.41, 5.74) is -4.58. The van der Waals surface area contributed by atoms with Crippen molar-refractivity contribution in [2.75, 3.05) is 5.32 Å². The lowest BCUT2D eigenvalue weighted by Crippen LogP contribution is -2.49. The second kappa shape index (κ2) is 4.86. The van der Waals surface area contributed by atoms with E-state index in [9.17, 15) is 28.2 Å². The third kappa shape index (κ3) is 2.41. The van der Waals surface area contributed by atoms with Crippen molar-refractivity contribution in [1.82, 2.24) is 0 Å². The van der Waals surface area contributed by atoms with Gasteiger partial charge in [-0.1, -0.05) is 17.5 Å². The number of fused-ring (bicyclic) bond motifs is 1. The summed E-state index contributed by atoms with van der Waals surface area (Å²) in [7, 11) is 0. The van der Waals surface area contributed by atoms with Crippen LogP contribution >= 0.6 is 11.6 Å². The van der Waals surface area contributed by atoms with Gasteiger partial charge in [0.15, 0.2) is 11.5 Å². The number of ether oxygens (including phenoxy) is 1. The molecule has 1 atom stereocenters. The number of cyclic esters (lactones) is 1. The van der Waals surface area contributed by atoms with Crippen LogP contribution in [0.5, 0.6) is 11.5 Å². The molecule has 3 rings (SSSR count). The van der Waals surface area contributed by atoms with Gasteiger partial charge in [0.1, 0.15) is 0 Å². The zero-order chi connectivity index (χ0) is 17.0. The van der Waals surface area contributed by atoms with Gasteiger partial charge in [-0.15, -0.1) is 0 Å². The summed E-state index contributed by atoms with van der Waals surface area (Å²) >= 11 is 5.65. The highest BCUT2D eigenvalue weighted by Crippen LogP contribution is 2.53. The van der Waals surface area contributed by atoms with Gasteiger partial charge in [0.25, 0.3) is 5.60 Å². The molecule has 1 heterocycles. The third-order valence-corrected chi connectivity index (χ3v) is 3.80. The molecule has 2 aliphatic rings. The Morgan fingerprint density at radius 1 is 1.35 bits per heavy atom. The average molecular weight is 348 g/mol. The van der Waals surface area contributed by atoms with Crippen molar-refractivity contribution in [3.8, 4) is 23.3 Å². The van der Waals surface area contributed by atoms with Crippen LogP contribution in [0.4, 0.5) is 23.7 Å². The van der Waals surface area contributed by atoms with Crippen LogP contribution < -0.4 is 5.32 Å². The number of hydrogen-bond donors (Lipinski definition) is 3. The van der Waals surface area contributed by atoms with E-state index < -0.39 is 45.6 Å². The van der Waals surface area contributed by atoms with Crippen LogP contribution in [-0.2, 0) is 10.3 Å². The smallest absolute Gasteiger partial charge is 0.445 e. The largest absolute Gasteiger partial charge is 0.503 e. The number of carbonyl (C=O) groups is 1. The highest BCUT2D eigenvalue weighted by atomic mass is 35.5. The summed E-state index contributed by atoms with van der Waals surface area (Å²) in [4.78, 5) is 11.6.